The number of fused-ring (bicyclic) bond motifs is 1. The van der Waals surface area contributed by atoms with Gasteiger partial charge in [-0.25, -0.2) is 8.96 Å². The molecule has 2 rings (SSSR count). The number of aromatic amines is 1. The van der Waals surface area contributed by atoms with E-state index in [4.69, 9.17) is 5.73 Å². The van der Waals surface area contributed by atoms with Gasteiger partial charge in [-0.2, -0.15) is 4.98 Å². The lowest BCUT2D eigenvalue weighted by atomic mass is 10.5. The summed E-state index contributed by atoms with van der Waals surface area (Å²) >= 11 is 1.20. The molecule has 0 aliphatic rings. The van der Waals surface area contributed by atoms with E-state index in [2.05, 4.69) is 15.0 Å². The molecule has 0 unspecified atom stereocenters. The highest BCUT2D eigenvalue weighted by Crippen LogP contribution is 2.08. The van der Waals surface area contributed by atoms with Crippen LogP contribution in [0.1, 0.15) is 0 Å². The summed E-state index contributed by atoms with van der Waals surface area (Å²) in [5.41, 5.74) is 6.03. The molecule has 6 nitrogen and oxygen atoms in total. The van der Waals surface area contributed by atoms with Crippen LogP contribution in [0.3, 0.4) is 0 Å². The van der Waals surface area contributed by atoms with Gasteiger partial charge in [0.25, 0.3) is 5.56 Å². The summed E-state index contributed by atoms with van der Waals surface area (Å²) in [5.74, 6) is 0.175. The van der Waals surface area contributed by atoms with E-state index in [0.29, 0.717) is 11.2 Å². The van der Waals surface area contributed by atoms with E-state index in [0.717, 1.165) is 0 Å². The van der Waals surface area contributed by atoms with Gasteiger partial charge < -0.3 is 10.7 Å². The number of H-pyrrole nitrogens is 1. The van der Waals surface area contributed by atoms with Gasteiger partial charge in [-0.1, -0.05) is 0 Å². The second kappa shape index (κ2) is 2.77. The lowest BCUT2D eigenvalue weighted by Crippen LogP contribution is -2.19. The van der Waals surface area contributed by atoms with Gasteiger partial charge in [-0.05, 0) is 11.9 Å². The zero-order chi connectivity index (χ0) is 9.42. The van der Waals surface area contributed by atoms with Crippen molar-refractivity contribution < 1.29 is 0 Å². The normalized spacial score (nSPS) is 10.8. The first-order valence-corrected chi connectivity index (χ1v) is 4.68. The van der Waals surface area contributed by atoms with Crippen LogP contribution >= 0.6 is 11.9 Å². The largest absolute Gasteiger partial charge is 0.368 e. The minimum atomic E-state index is -0.240. The minimum absolute atomic E-state index is 0.175. The SMILES string of the molecule is CSn1c(N)nc2[nH]cnc2c1=O. The fraction of sp³-hybridized carbons (Fsp3) is 0.167. The van der Waals surface area contributed by atoms with E-state index in [9.17, 15) is 4.79 Å². The molecule has 0 fully saturated rings. The maximum Gasteiger partial charge on any atom is 0.293 e. The lowest BCUT2D eigenvalue weighted by Gasteiger charge is -2.02. The van der Waals surface area contributed by atoms with Crippen molar-refractivity contribution in [1.29, 1.82) is 0 Å². The third-order valence-corrected chi connectivity index (χ3v) is 2.34. The number of nitrogens with two attached hydrogens (primary N) is 1. The fourth-order valence-corrected chi connectivity index (χ4v) is 1.55. The molecule has 0 saturated heterocycles. The van der Waals surface area contributed by atoms with E-state index < -0.39 is 0 Å². The van der Waals surface area contributed by atoms with Gasteiger partial charge in [0.05, 0.1) is 6.33 Å². The highest BCUT2D eigenvalue weighted by Gasteiger charge is 2.09. The Bertz CT molecular complexity index is 501. The first-order chi connectivity index (χ1) is 6.24. The number of hydrogen-bond donors (Lipinski definition) is 2. The Labute approximate surface area is 77.3 Å². The van der Waals surface area contributed by atoms with E-state index in [1.807, 2.05) is 0 Å². The topological polar surface area (TPSA) is 89.6 Å². The Hall–Kier alpha value is -1.50. The molecule has 0 atom stereocenters. The highest BCUT2D eigenvalue weighted by molar-refractivity contribution is 7.97. The summed E-state index contributed by atoms with van der Waals surface area (Å²) in [6.45, 7) is 0. The average molecular weight is 197 g/mol. The van der Waals surface area contributed by atoms with E-state index in [1.54, 1.807) is 6.26 Å². The van der Waals surface area contributed by atoms with Gasteiger partial charge in [-0.15, -0.1) is 0 Å². The molecule has 68 valence electrons. The number of hydrogen-bond acceptors (Lipinski definition) is 5. The number of imidazole rings is 1. The Balaban J connectivity index is 2.93. The molecule has 0 bridgehead atoms. The number of nitrogens with one attached hydrogen (secondary N) is 1. The summed E-state index contributed by atoms with van der Waals surface area (Å²) in [7, 11) is 0. The molecule has 0 radical (unpaired) electrons. The number of nitrogens with zero attached hydrogens (tertiary/aromatic N) is 3. The molecule has 2 aromatic heterocycles. The van der Waals surface area contributed by atoms with Crippen molar-refractivity contribution in [2.24, 2.45) is 0 Å². The summed E-state index contributed by atoms with van der Waals surface area (Å²) in [5, 5.41) is 0. The predicted octanol–water partition coefficient (Wildman–Crippen LogP) is -0.172. The van der Waals surface area contributed by atoms with Gasteiger partial charge in [-0.3, -0.25) is 4.79 Å². The van der Waals surface area contributed by atoms with Crippen LogP contribution in [-0.2, 0) is 0 Å². The van der Waals surface area contributed by atoms with E-state index in [1.165, 1.54) is 22.2 Å². The quantitative estimate of drug-likeness (QED) is 0.662. The van der Waals surface area contributed by atoms with Crippen LogP contribution in [0.25, 0.3) is 11.2 Å². The first-order valence-electron chi connectivity index (χ1n) is 3.50. The monoisotopic (exact) mass is 197 g/mol. The zero-order valence-corrected chi connectivity index (χ0v) is 7.63. The van der Waals surface area contributed by atoms with Crippen molar-refractivity contribution in [3.8, 4) is 0 Å². The zero-order valence-electron chi connectivity index (χ0n) is 6.81. The molecule has 2 heterocycles. The third kappa shape index (κ3) is 1.08. The molecule has 7 heteroatoms. The van der Waals surface area contributed by atoms with Crippen LogP contribution in [0.15, 0.2) is 11.1 Å². The van der Waals surface area contributed by atoms with Gasteiger partial charge >= 0.3 is 0 Å². The molecule has 0 amide bonds. The van der Waals surface area contributed by atoms with Gasteiger partial charge in [0.15, 0.2) is 11.2 Å². The maximum absolute atomic E-state index is 11.6. The van der Waals surface area contributed by atoms with Gasteiger partial charge in [0.2, 0.25) is 5.95 Å². The Morgan fingerprint density at radius 2 is 2.46 bits per heavy atom. The molecule has 0 aromatic carbocycles. The Morgan fingerprint density at radius 1 is 1.69 bits per heavy atom. The summed E-state index contributed by atoms with van der Waals surface area (Å²) in [6.07, 6.45) is 3.17. The van der Waals surface area contributed by atoms with Crippen LogP contribution in [0.2, 0.25) is 0 Å². The molecule has 0 saturated carbocycles. The second-order valence-electron chi connectivity index (χ2n) is 2.35. The van der Waals surface area contributed by atoms with Gasteiger partial charge in [0.1, 0.15) is 0 Å². The molecule has 0 aliphatic carbocycles. The summed E-state index contributed by atoms with van der Waals surface area (Å²) in [6, 6.07) is 0. The number of anilines is 1. The smallest absolute Gasteiger partial charge is 0.293 e. The van der Waals surface area contributed by atoms with Crippen molar-refractivity contribution in [1.82, 2.24) is 18.9 Å². The minimum Gasteiger partial charge on any atom is -0.368 e. The van der Waals surface area contributed by atoms with Gasteiger partial charge in [0, 0.05) is 6.26 Å². The molecular formula is C6H7N5OS. The Kier molecular flexibility index (Phi) is 1.73. The number of rotatable bonds is 1. The molecule has 2 aromatic rings. The lowest BCUT2D eigenvalue weighted by molar-refractivity contribution is 1.11. The van der Waals surface area contributed by atoms with Crippen LogP contribution < -0.4 is 11.3 Å². The molecule has 13 heavy (non-hydrogen) atoms. The molecule has 3 N–H and O–H groups in total. The van der Waals surface area contributed by atoms with E-state index in [-0.39, 0.29) is 11.5 Å². The standard InChI is InChI=1S/C6H7N5OS/c1-13-11-5(12)3-4(9-2-8-3)10-6(11)7/h2H,1H3,(H2,7,10)(H,8,9). The molecule has 0 aliphatic heterocycles. The summed E-state index contributed by atoms with van der Waals surface area (Å²) < 4.78 is 1.29. The highest BCUT2D eigenvalue weighted by atomic mass is 32.2. The van der Waals surface area contributed by atoms with Crippen LogP contribution in [0, 0.1) is 0 Å². The van der Waals surface area contributed by atoms with Crippen molar-refractivity contribution in [3.63, 3.8) is 0 Å². The van der Waals surface area contributed by atoms with Crippen LogP contribution in [0.4, 0.5) is 5.95 Å². The maximum atomic E-state index is 11.6. The molecular weight excluding hydrogens is 190 g/mol. The van der Waals surface area contributed by atoms with Crippen molar-refractivity contribution >= 4 is 29.1 Å². The third-order valence-electron chi connectivity index (χ3n) is 1.62. The molecule has 0 spiro atoms. The predicted molar refractivity (Wildman–Crippen MR) is 51.5 cm³/mol. The van der Waals surface area contributed by atoms with Crippen LogP contribution in [0.5, 0.6) is 0 Å². The average Bonchev–Trinajstić information content (AvgIpc) is 2.53. The van der Waals surface area contributed by atoms with Crippen molar-refractivity contribution in [2.45, 2.75) is 0 Å². The first kappa shape index (κ1) is 8.11. The Morgan fingerprint density at radius 3 is 3.15 bits per heavy atom. The van der Waals surface area contributed by atoms with Crippen molar-refractivity contribution in [2.75, 3.05) is 12.0 Å². The van der Waals surface area contributed by atoms with E-state index >= 15 is 0 Å². The number of aromatic nitrogens is 4. The second-order valence-corrected chi connectivity index (χ2v) is 3.08. The summed E-state index contributed by atoms with van der Waals surface area (Å²) in [4.78, 5) is 22.1. The van der Waals surface area contributed by atoms with Crippen molar-refractivity contribution in [3.05, 3.63) is 16.7 Å². The fourth-order valence-electron chi connectivity index (χ4n) is 1.07. The number of nitrogen functional groups attached to an aromatic ring is 1. The van der Waals surface area contributed by atoms with Crippen LogP contribution in [-0.4, -0.2) is 25.2 Å².